The summed E-state index contributed by atoms with van der Waals surface area (Å²) < 4.78 is 10.8. The fourth-order valence-electron chi connectivity index (χ4n) is 2.68. The van der Waals surface area contributed by atoms with Gasteiger partial charge < -0.3 is 9.47 Å². The van der Waals surface area contributed by atoms with Gasteiger partial charge in [-0.25, -0.2) is 0 Å². The minimum Gasteiger partial charge on any atom is -0.497 e. The summed E-state index contributed by atoms with van der Waals surface area (Å²) in [6.45, 7) is 4.43. The van der Waals surface area contributed by atoms with Crippen molar-refractivity contribution in [3.8, 4) is 11.5 Å². The van der Waals surface area contributed by atoms with Gasteiger partial charge >= 0.3 is 0 Å². The summed E-state index contributed by atoms with van der Waals surface area (Å²) in [5.74, 6) is 1.83. The second-order valence-electron chi connectivity index (χ2n) is 4.33. The van der Waals surface area contributed by atoms with Crippen molar-refractivity contribution in [3.05, 3.63) is 28.8 Å². The van der Waals surface area contributed by atoms with Crippen molar-refractivity contribution >= 4 is 5.57 Å². The van der Waals surface area contributed by atoms with Gasteiger partial charge in [0.1, 0.15) is 11.5 Å². The number of methoxy groups -OCH3 is 2. The Bertz CT molecular complexity index is 458. The van der Waals surface area contributed by atoms with Crippen LogP contribution in [0, 0.1) is 0 Å². The molecular formula is C15H20O2. The smallest absolute Gasteiger partial charge is 0.130 e. The first kappa shape index (κ1) is 12.0. The molecule has 0 radical (unpaired) electrons. The Labute approximate surface area is 103 Å². The van der Waals surface area contributed by atoms with Crippen LogP contribution in [0.5, 0.6) is 11.5 Å². The van der Waals surface area contributed by atoms with Crippen LogP contribution in [0.15, 0.2) is 17.7 Å². The predicted octanol–water partition coefficient (Wildman–Crippen LogP) is 3.83. The lowest BCUT2D eigenvalue weighted by atomic mass is 10.0. The third-order valence-electron chi connectivity index (χ3n) is 3.53. The van der Waals surface area contributed by atoms with Crippen molar-refractivity contribution < 1.29 is 9.47 Å². The van der Waals surface area contributed by atoms with Gasteiger partial charge in [0.25, 0.3) is 0 Å². The second kappa shape index (κ2) is 4.82. The van der Waals surface area contributed by atoms with E-state index in [0.29, 0.717) is 0 Å². The number of fused-ring (bicyclic) bond motifs is 1. The highest BCUT2D eigenvalue weighted by Gasteiger charge is 2.23. The van der Waals surface area contributed by atoms with Gasteiger partial charge in [-0.2, -0.15) is 0 Å². The Kier molecular flexibility index (Phi) is 3.41. The molecule has 2 nitrogen and oxygen atoms in total. The van der Waals surface area contributed by atoms with Gasteiger partial charge in [-0.1, -0.05) is 19.4 Å². The van der Waals surface area contributed by atoms with E-state index in [1.807, 2.05) is 6.07 Å². The summed E-state index contributed by atoms with van der Waals surface area (Å²) in [6, 6.07) is 4.11. The SMILES string of the molecule is CCC1=C(CC)c2c(cc(OC)cc2OC)C1. The first-order valence-corrected chi connectivity index (χ1v) is 6.21. The molecule has 1 aromatic rings. The second-order valence-corrected chi connectivity index (χ2v) is 4.33. The van der Waals surface area contributed by atoms with Gasteiger partial charge in [0, 0.05) is 11.6 Å². The van der Waals surface area contributed by atoms with Crippen molar-refractivity contribution in [2.75, 3.05) is 14.2 Å². The van der Waals surface area contributed by atoms with Crippen LogP contribution in [0.1, 0.15) is 37.8 Å². The molecule has 0 fully saturated rings. The van der Waals surface area contributed by atoms with Crippen LogP contribution < -0.4 is 9.47 Å². The Morgan fingerprint density at radius 3 is 2.35 bits per heavy atom. The number of hydrogen-bond donors (Lipinski definition) is 0. The highest BCUT2D eigenvalue weighted by atomic mass is 16.5. The molecule has 17 heavy (non-hydrogen) atoms. The van der Waals surface area contributed by atoms with E-state index in [4.69, 9.17) is 9.47 Å². The zero-order chi connectivity index (χ0) is 12.4. The van der Waals surface area contributed by atoms with Crippen LogP contribution in [-0.2, 0) is 6.42 Å². The molecular weight excluding hydrogens is 212 g/mol. The summed E-state index contributed by atoms with van der Waals surface area (Å²) in [5, 5.41) is 0. The minimum absolute atomic E-state index is 0.883. The summed E-state index contributed by atoms with van der Waals surface area (Å²) in [4.78, 5) is 0. The molecule has 1 aromatic carbocycles. The standard InChI is InChI=1S/C15H20O2/c1-5-10-7-11-8-12(16-3)9-14(17-4)15(11)13(10)6-2/h8-9H,5-7H2,1-4H3. The Hall–Kier alpha value is -1.44. The molecule has 0 heterocycles. The number of ether oxygens (including phenoxy) is 2. The van der Waals surface area contributed by atoms with Gasteiger partial charge in [0.15, 0.2) is 0 Å². The zero-order valence-electron chi connectivity index (χ0n) is 11.1. The maximum Gasteiger partial charge on any atom is 0.130 e. The first-order valence-electron chi connectivity index (χ1n) is 6.21. The summed E-state index contributed by atoms with van der Waals surface area (Å²) in [6.07, 6.45) is 3.23. The van der Waals surface area contributed by atoms with Crippen molar-refractivity contribution in [3.63, 3.8) is 0 Å². The molecule has 0 bridgehead atoms. The molecule has 0 aromatic heterocycles. The first-order chi connectivity index (χ1) is 8.24. The minimum atomic E-state index is 0.883. The largest absolute Gasteiger partial charge is 0.497 e. The molecule has 1 aliphatic carbocycles. The molecule has 0 saturated carbocycles. The van der Waals surface area contributed by atoms with Crippen molar-refractivity contribution in [1.29, 1.82) is 0 Å². The molecule has 0 aliphatic heterocycles. The summed E-state index contributed by atoms with van der Waals surface area (Å²) in [7, 11) is 3.43. The Morgan fingerprint density at radius 2 is 1.82 bits per heavy atom. The lowest BCUT2D eigenvalue weighted by Crippen LogP contribution is -1.94. The monoisotopic (exact) mass is 232 g/mol. The maximum absolute atomic E-state index is 5.51. The number of benzene rings is 1. The van der Waals surface area contributed by atoms with Crippen LogP contribution in [-0.4, -0.2) is 14.2 Å². The molecule has 0 amide bonds. The summed E-state index contributed by atoms with van der Waals surface area (Å²) in [5.41, 5.74) is 5.64. The van der Waals surface area contributed by atoms with E-state index in [9.17, 15) is 0 Å². The molecule has 2 rings (SSSR count). The fourth-order valence-corrected chi connectivity index (χ4v) is 2.68. The highest BCUT2D eigenvalue weighted by Crippen LogP contribution is 2.43. The van der Waals surface area contributed by atoms with E-state index in [1.54, 1.807) is 14.2 Å². The van der Waals surface area contributed by atoms with Gasteiger partial charge in [-0.05, 0) is 36.5 Å². The van der Waals surface area contributed by atoms with E-state index in [2.05, 4.69) is 19.9 Å². The van der Waals surface area contributed by atoms with Gasteiger partial charge in [0.2, 0.25) is 0 Å². The molecule has 92 valence electrons. The van der Waals surface area contributed by atoms with Crippen LogP contribution in [0.2, 0.25) is 0 Å². The summed E-state index contributed by atoms with van der Waals surface area (Å²) >= 11 is 0. The highest BCUT2D eigenvalue weighted by molar-refractivity contribution is 5.81. The fraction of sp³-hybridized carbons (Fsp3) is 0.467. The molecule has 0 spiro atoms. The quantitative estimate of drug-likeness (QED) is 0.785. The van der Waals surface area contributed by atoms with Gasteiger partial charge in [0.05, 0.1) is 14.2 Å². The normalized spacial score (nSPS) is 13.9. The van der Waals surface area contributed by atoms with E-state index < -0.39 is 0 Å². The van der Waals surface area contributed by atoms with Gasteiger partial charge in [-0.3, -0.25) is 0 Å². The number of allylic oxidation sites excluding steroid dienone is 2. The molecule has 0 atom stereocenters. The van der Waals surface area contributed by atoms with Crippen LogP contribution in [0.25, 0.3) is 5.57 Å². The Morgan fingerprint density at radius 1 is 1.06 bits per heavy atom. The molecule has 0 N–H and O–H groups in total. The lowest BCUT2D eigenvalue weighted by molar-refractivity contribution is 0.393. The number of hydrogen-bond acceptors (Lipinski definition) is 2. The molecule has 2 heteroatoms. The van der Waals surface area contributed by atoms with Gasteiger partial charge in [-0.15, -0.1) is 0 Å². The molecule has 0 saturated heterocycles. The number of rotatable bonds is 4. The van der Waals surface area contributed by atoms with Crippen molar-refractivity contribution in [2.45, 2.75) is 33.1 Å². The lowest BCUT2D eigenvalue weighted by Gasteiger charge is -2.12. The molecule has 1 aliphatic rings. The Balaban J connectivity index is 2.57. The maximum atomic E-state index is 5.51. The average molecular weight is 232 g/mol. The average Bonchev–Trinajstić information content (AvgIpc) is 2.74. The zero-order valence-corrected chi connectivity index (χ0v) is 11.1. The van der Waals surface area contributed by atoms with E-state index in [0.717, 1.165) is 30.8 Å². The van der Waals surface area contributed by atoms with Crippen LogP contribution in [0.3, 0.4) is 0 Å². The van der Waals surface area contributed by atoms with Crippen molar-refractivity contribution in [2.24, 2.45) is 0 Å². The van der Waals surface area contributed by atoms with E-state index in [-0.39, 0.29) is 0 Å². The van der Waals surface area contributed by atoms with Crippen LogP contribution in [0.4, 0.5) is 0 Å². The van der Waals surface area contributed by atoms with E-state index >= 15 is 0 Å². The predicted molar refractivity (Wildman–Crippen MR) is 70.8 cm³/mol. The molecule has 0 unspecified atom stereocenters. The van der Waals surface area contributed by atoms with Crippen molar-refractivity contribution in [1.82, 2.24) is 0 Å². The van der Waals surface area contributed by atoms with E-state index in [1.165, 1.54) is 22.3 Å². The van der Waals surface area contributed by atoms with Crippen LogP contribution >= 0.6 is 0 Å². The topological polar surface area (TPSA) is 18.5 Å². The third kappa shape index (κ3) is 1.92. The third-order valence-corrected chi connectivity index (χ3v) is 3.53.